The number of aromatic nitrogens is 4. The van der Waals surface area contributed by atoms with Crippen LogP contribution in [0.15, 0.2) is 12.4 Å². The Hall–Kier alpha value is -1.70. The van der Waals surface area contributed by atoms with Gasteiger partial charge in [0.1, 0.15) is 5.69 Å². The summed E-state index contributed by atoms with van der Waals surface area (Å²) in [5.74, 6) is 0. The van der Waals surface area contributed by atoms with E-state index in [2.05, 4.69) is 15.5 Å². The van der Waals surface area contributed by atoms with Crippen molar-refractivity contribution in [1.29, 1.82) is 0 Å². The second-order valence-electron chi connectivity index (χ2n) is 4.48. The zero-order valence-corrected chi connectivity index (χ0v) is 12.7. The number of halogens is 4. The van der Waals surface area contributed by atoms with Crippen LogP contribution in [0.3, 0.4) is 0 Å². The van der Waals surface area contributed by atoms with Crippen molar-refractivity contribution in [3.63, 3.8) is 0 Å². The first kappa shape index (κ1) is 17.4. The molecule has 0 amide bonds. The van der Waals surface area contributed by atoms with E-state index >= 15 is 0 Å². The molecule has 2 heterocycles. The van der Waals surface area contributed by atoms with Gasteiger partial charge in [0, 0.05) is 31.9 Å². The molecule has 0 saturated heterocycles. The van der Waals surface area contributed by atoms with Crippen LogP contribution in [0.5, 0.6) is 0 Å². The van der Waals surface area contributed by atoms with Crippen LogP contribution in [0, 0.1) is 6.92 Å². The van der Waals surface area contributed by atoms with Crippen LogP contribution in [0.4, 0.5) is 18.9 Å². The molecule has 9 heteroatoms. The van der Waals surface area contributed by atoms with E-state index in [1.165, 1.54) is 13.2 Å². The lowest BCUT2D eigenvalue weighted by molar-refractivity contribution is -0.144. The molecule has 0 bridgehead atoms. The Morgan fingerprint density at radius 2 is 2.00 bits per heavy atom. The molecule has 0 unspecified atom stereocenters. The molecular weight excluding hydrogens is 307 g/mol. The van der Waals surface area contributed by atoms with Gasteiger partial charge in [0.2, 0.25) is 0 Å². The van der Waals surface area contributed by atoms with Crippen LogP contribution in [0.2, 0.25) is 0 Å². The van der Waals surface area contributed by atoms with Crippen molar-refractivity contribution < 1.29 is 13.2 Å². The van der Waals surface area contributed by atoms with Gasteiger partial charge in [-0.3, -0.25) is 9.36 Å². The Morgan fingerprint density at radius 3 is 2.52 bits per heavy atom. The highest BCUT2D eigenvalue weighted by Crippen LogP contribution is 2.31. The minimum Gasteiger partial charge on any atom is -0.378 e. The molecule has 0 spiro atoms. The minimum absolute atomic E-state index is 0. The Kier molecular flexibility index (Phi) is 5.27. The summed E-state index contributed by atoms with van der Waals surface area (Å²) in [6.45, 7) is 4.52. The highest BCUT2D eigenvalue weighted by atomic mass is 35.5. The monoisotopic (exact) mass is 323 g/mol. The maximum atomic E-state index is 12.9. The Bertz CT molecular complexity index is 603. The third kappa shape index (κ3) is 3.69. The number of hydrogen-bond acceptors (Lipinski definition) is 3. The van der Waals surface area contributed by atoms with Crippen molar-refractivity contribution in [1.82, 2.24) is 19.6 Å². The lowest BCUT2D eigenvalue weighted by Crippen LogP contribution is -2.15. The normalized spacial score (nSPS) is 11.3. The molecule has 0 aliphatic heterocycles. The minimum atomic E-state index is -4.41. The van der Waals surface area contributed by atoms with Gasteiger partial charge in [0.15, 0.2) is 0 Å². The molecule has 0 radical (unpaired) electrons. The lowest BCUT2D eigenvalue weighted by atomic mass is 10.2. The van der Waals surface area contributed by atoms with Crippen LogP contribution >= 0.6 is 12.4 Å². The van der Waals surface area contributed by atoms with Gasteiger partial charge in [-0.15, -0.1) is 12.4 Å². The fourth-order valence-corrected chi connectivity index (χ4v) is 2.02. The van der Waals surface area contributed by atoms with Crippen LogP contribution in [0.25, 0.3) is 0 Å². The lowest BCUT2D eigenvalue weighted by Gasteiger charge is -2.10. The van der Waals surface area contributed by atoms with Gasteiger partial charge in [0.25, 0.3) is 0 Å². The van der Waals surface area contributed by atoms with Gasteiger partial charge < -0.3 is 5.32 Å². The standard InChI is InChI=1S/C12H16F3N5.ClH/c1-4-20-7-10(8(2)18-20)16-5-9-6-17-19(3)11(9)12(13,14)15;/h6-7,16H,4-5H2,1-3H3;1H. The van der Waals surface area contributed by atoms with E-state index in [9.17, 15) is 13.2 Å². The molecule has 0 saturated carbocycles. The smallest absolute Gasteiger partial charge is 0.378 e. The SMILES string of the molecule is CCn1cc(NCc2cnn(C)c2C(F)(F)F)c(C)n1.Cl. The van der Waals surface area contributed by atoms with Crippen molar-refractivity contribution in [2.75, 3.05) is 5.32 Å². The first-order chi connectivity index (χ1) is 9.32. The van der Waals surface area contributed by atoms with E-state index in [0.29, 0.717) is 6.54 Å². The fourth-order valence-electron chi connectivity index (χ4n) is 2.02. The zero-order valence-electron chi connectivity index (χ0n) is 11.9. The molecule has 2 aromatic rings. The van der Waals surface area contributed by atoms with Gasteiger partial charge in [0.05, 0.1) is 17.6 Å². The fraction of sp³-hybridized carbons (Fsp3) is 0.500. The summed E-state index contributed by atoms with van der Waals surface area (Å²) in [7, 11) is 1.28. The number of anilines is 1. The number of nitrogens with one attached hydrogen (secondary N) is 1. The van der Waals surface area contributed by atoms with Crippen molar-refractivity contribution >= 4 is 18.1 Å². The summed E-state index contributed by atoms with van der Waals surface area (Å²) in [5, 5.41) is 10.9. The van der Waals surface area contributed by atoms with Gasteiger partial charge in [-0.25, -0.2) is 0 Å². The Labute approximate surface area is 126 Å². The molecule has 0 atom stereocenters. The largest absolute Gasteiger partial charge is 0.433 e. The molecule has 2 rings (SSSR count). The van der Waals surface area contributed by atoms with Crippen molar-refractivity contribution in [3.8, 4) is 0 Å². The Balaban J connectivity index is 0.00000220. The van der Waals surface area contributed by atoms with E-state index < -0.39 is 11.9 Å². The molecule has 21 heavy (non-hydrogen) atoms. The summed E-state index contributed by atoms with van der Waals surface area (Å²) in [6.07, 6.45) is -1.40. The number of hydrogen-bond donors (Lipinski definition) is 1. The van der Waals surface area contributed by atoms with Crippen LogP contribution in [-0.4, -0.2) is 19.6 Å². The number of alkyl halides is 3. The van der Waals surface area contributed by atoms with Gasteiger partial charge in [-0.05, 0) is 13.8 Å². The summed E-state index contributed by atoms with van der Waals surface area (Å²) in [5.41, 5.74) is 0.863. The van der Waals surface area contributed by atoms with Gasteiger partial charge in [-0.1, -0.05) is 0 Å². The zero-order chi connectivity index (χ0) is 14.9. The van der Waals surface area contributed by atoms with E-state index in [1.807, 2.05) is 13.8 Å². The third-order valence-electron chi connectivity index (χ3n) is 3.02. The average Bonchev–Trinajstić information content (AvgIpc) is 2.89. The first-order valence-electron chi connectivity index (χ1n) is 6.19. The van der Waals surface area contributed by atoms with Crippen LogP contribution < -0.4 is 5.32 Å². The molecule has 0 aliphatic carbocycles. The molecule has 0 aliphatic rings. The molecule has 5 nitrogen and oxygen atoms in total. The van der Waals surface area contributed by atoms with Gasteiger partial charge >= 0.3 is 6.18 Å². The predicted molar refractivity (Wildman–Crippen MR) is 75.4 cm³/mol. The highest BCUT2D eigenvalue weighted by Gasteiger charge is 2.37. The van der Waals surface area contributed by atoms with E-state index in [1.54, 1.807) is 10.9 Å². The molecule has 1 N–H and O–H groups in total. The van der Waals surface area contributed by atoms with Crippen molar-refractivity contribution in [2.45, 2.75) is 33.1 Å². The molecular formula is C12H17ClF3N5. The highest BCUT2D eigenvalue weighted by molar-refractivity contribution is 5.85. The number of nitrogens with zero attached hydrogens (tertiary/aromatic N) is 4. The summed E-state index contributed by atoms with van der Waals surface area (Å²) < 4.78 is 41.3. The molecule has 118 valence electrons. The van der Waals surface area contributed by atoms with E-state index in [4.69, 9.17) is 0 Å². The van der Waals surface area contributed by atoms with Crippen LogP contribution in [0.1, 0.15) is 23.9 Å². The second kappa shape index (κ2) is 6.38. The average molecular weight is 324 g/mol. The summed E-state index contributed by atoms with van der Waals surface area (Å²) >= 11 is 0. The summed E-state index contributed by atoms with van der Waals surface area (Å²) in [6, 6.07) is 0. The maximum Gasteiger partial charge on any atom is 0.433 e. The Morgan fingerprint density at radius 1 is 1.33 bits per heavy atom. The molecule has 2 aromatic heterocycles. The molecule has 0 aromatic carbocycles. The van der Waals surface area contributed by atoms with E-state index in [-0.39, 0.29) is 24.5 Å². The third-order valence-corrected chi connectivity index (χ3v) is 3.02. The number of rotatable bonds is 4. The topological polar surface area (TPSA) is 47.7 Å². The first-order valence-corrected chi connectivity index (χ1v) is 6.19. The van der Waals surface area contributed by atoms with E-state index in [0.717, 1.165) is 16.1 Å². The number of aryl methyl sites for hydroxylation is 3. The molecule has 0 fully saturated rings. The van der Waals surface area contributed by atoms with Gasteiger partial charge in [-0.2, -0.15) is 23.4 Å². The predicted octanol–water partition coefficient (Wildman–Crippen LogP) is 3.00. The van der Waals surface area contributed by atoms with Crippen molar-refractivity contribution in [3.05, 3.63) is 29.3 Å². The summed E-state index contributed by atoms with van der Waals surface area (Å²) in [4.78, 5) is 0. The quantitative estimate of drug-likeness (QED) is 0.941. The second-order valence-corrected chi connectivity index (χ2v) is 4.48. The maximum absolute atomic E-state index is 12.9. The van der Waals surface area contributed by atoms with Crippen molar-refractivity contribution in [2.24, 2.45) is 7.05 Å². The van der Waals surface area contributed by atoms with Crippen LogP contribution in [-0.2, 0) is 26.3 Å².